The molecule has 2 aromatic carbocycles. The fourth-order valence-electron chi connectivity index (χ4n) is 1.84. The molecule has 7 heteroatoms. The Morgan fingerprint density at radius 2 is 1.95 bits per heavy atom. The van der Waals surface area contributed by atoms with Crippen LogP contribution in [-0.4, -0.2) is 26.8 Å². The predicted octanol–water partition coefficient (Wildman–Crippen LogP) is 3.12. The van der Waals surface area contributed by atoms with Gasteiger partial charge in [-0.3, -0.25) is 4.99 Å². The number of phenols is 1. The monoisotopic (exact) mass is 382 g/mol. The Morgan fingerprint density at radius 1 is 1.23 bits per heavy atom. The Balaban J connectivity index is 2.41. The summed E-state index contributed by atoms with van der Waals surface area (Å²) < 4.78 is 27.0. The molecule has 0 aliphatic heterocycles. The van der Waals surface area contributed by atoms with Gasteiger partial charge in [0.2, 0.25) is 10.0 Å². The maximum atomic E-state index is 11.9. The molecular weight excluding hydrogens is 368 g/mol. The van der Waals surface area contributed by atoms with E-state index in [4.69, 9.17) is 0 Å². The van der Waals surface area contributed by atoms with Crippen LogP contribution in [0.4, 0.5) is 5.69 Å². The van der Waals surface area contributed by atoms with Crippen molar-refractivity contribution in [2.45, 2.75) is 11.8 Å². The zero-order valence-corrected chi connectivity index (χ0v) is 14.4. The van der Waals surface area contributed by atoms with Gasteiger partial charge in [0.25, 0.3) is 0 Å². The molecule has 0 atom stereocenters. The zero-order chi connectivity index (χ0) is 16.3. The molecule has 0 saturated carbocycles. The van der Waals surface area contributed by atoms with Gasteiger partial charge in [-0.25, -0.2) is 13.1 Å². The van der Waals surface area contributed by atoms with Gasteiger partial charge in [-0.2, -0.15) is 0 Å². The van der Waals surface area contributed by atoms with Crippen LogP contribution in [0.1, 0.15) is 11.1 Å². The fourth-order valence-corrected chi connectivity index (χ4v) is 3.21. The Morgan fingerprint density at radius 3 is 2.64 bits per heavy atom. The third kappa shape index (κ3) is 3.73. The number of phenolic OH excluding ortho intramolecular Hbond substituents is 1. The average Bonchev–Trinajstić information content (AvgIpc) is 2.49. The number of halogens is 1. The Hall–Kier alpha value is -1.70. The van der Waals surface area contributed by atoms with Crippen molar-refractivity contribution in [1.29, 1.82) is 0 Å². The molecular formula is C15H15BrN2O3S. The van der Waals surface area contributed by atoms with Gasteiger partial charge < -0.3 is 5.11 Å². The molecule has 0 fully saturated rings. The number of nitrogens with zero attached hydrogens (tertiary/aromatic N) is 1. The number of aromatic hydroxyl groups is 1. The first-order chi connectivity index (χ1) is 10.3. The van der Waals surface area contributed by atoms with Crippen LogP contribution in [0.5, 0.6) is 5.75 Å². The molecule has 0 spiro atoms. The van der Waals surface area contributed by atoms with E-state index in [-0.39, 0.29) is 10.6 Å². The molecule has 116 valence electrons. The summed E-state index contributed by atoms with van der Waals surface area (Å²) in [6, 6.07) is 9.89. The quantitative estimate of drug-likeness (QED) is 0.797. The Labute approximate surface area is 137 Å². The second-order valence-corrected chi connectivity index (χ2v) is 7.39. The molecule has 0 aromatic heterocycles. The molecule has 0 bridgehead atoms. The third-order valence-corrected chi connectivity index (χ3v) is 5.12. The molecule has 0 aliphatic carbocycles. The van der Waals surface area contributed by atoms with E-state index in [1.165, 1.54) is 19.3 Å². The van der Waals surface area contributed by atoms with Crippen LogP contribution in [0.15, 0.2) is 50.8 Å². The van der Waals surface area contributed by atoms with Crippen molar-refractivity contribution in [3.05, 3.63) is 52.0 Å². The van der Waals surface area contributed by atoms with E-state index in [2.05, 4.69) is 25.6 Å². The number of aliphatic imine (C=N–C) groups is 1. The van der Waals surface area contributed by atoms with Crippen molar-refractivity contribution < 1.29 is 13.5 Å². The first kappa shape index (κ1) is 16.7. The number of benzene rings is 2. The molecule has 2 N–H and O–H groups in total. The second kappa shape index (κ2) is 6.60. The molecule has 0 aliphatic rings. The van der Waals surface area contributed by atoms with Crippen LogP contribution in [-0.2, 0) is 10.0 Å². The van der Waals surface area contributed by atoms with Crippen molar-refractivity contribution in [2.24, 2.45) is 4.99 Å². The van der Waals surface area contributed by atoms with E-state index in [1.54, 1.807) is 37.3 Å². The number of rotatable bonds is 4. The lowest BCUT2D eigenvalue weighted by atomic mass is 10.2. The Bertz CT molecular complexity index is 833. The second-order valence-electron chi connectivity index (χ2n) is 4.62. The van der Waals surface area contributed by atoms with Gasteiger partial charge in [0, 0.05) is 16.3 Å². The van der Waals surface area contributed by atoms with Gasteiger partial charge in [0.15, 0.2) is 0 Å². The minimum absolute atomic E-state index is 0.0992. The average molecular weight is 383 g/mol. The summed E-state index contributed by atoms with van der Waals surface area (Å²) in [6.45, 7) is 1.72. The van der Waals surface area contributed by atoms with Crippen molar-refractivity contribution in [3.8, 4) is 5.75 Å². The van der Waals surface area contributed by atoms with Crippen molar-refractivity contribution in [2.75, 3.05) is 7.05 Å². The highest BCUT2D eigenvalue weighted by Gasteiger charge is 2.14. The van der Waals surface area contributed by atoms with Gasteiger partial charge in [0.05, 0.1) is 10.6 Å². The summed E-state index contributed by atoms with van der Waals surface area (Å²) in [5.41, 5.74) is 1.66. The number of aryl methyl sites for hydroxylation is 1. The lowest BCUT2D eigenvalue weighted by Gasteiger charge is -2.07. The maximum absolute atomic E-state index is 11.9. The summed E-state index contributed by atoms with van der Waals surface area (Å²) in [7, 11) is -2.16. The summed E-state index contributed by atoms with van der Waals surface area (Å²) in [5.74, 6) is 0.0992. The summed E-state index contributed by atoms with van der Waals surface area (Å²) in [6.07, 6.45) is 1.49. The molecule has 2 aromatic rings. The first-order valence-corrected chi connectivity index (χ1v) is 8.68. The van der Waals surface area contributed by atoms with Crippen LogP contribution in [0.2, 0.25) is 0 Å². The molecule has 0 radical (unpaired) electrons. The first-order valence-electron chi connectivity index (χ1n) is 6.40. The molecule has 0 amide bonds. The number of hydrogen-bond donors (Lipinski definition) is 2. The molecule has 5 nitrogen and oxygen atoms in total. The predicted molar refractivity (Wildman–Crippen MR) is 90.5 cm³/mol. The van der Waals surface area contributed by atoms with Crippen molar-refractivity contribution in [3.63, 3.8) is 0 Å². The van der Waals surface area contributed by atoms with Crippen LogP contribution < -0.4 is 4.72 Å². The highest BCUT2D eigenvalue weighted by Crippen LogP contribution is 2.24. The van der Waals surface area contributed by atoms with E-state index >= 15 is 0 Å². The van der Waals surface area contributed by atoms with Crippen molar-refractivity contribution >= 4 is 37.9 Å². The molecule has 22 heavy (non-hydrogen) atoms. The topological polar surface area (TPSA) is 78.8 Å². The van der Waals surface area contributed by atoms with Crippen molar-refractivity contribution in [1.82, 2.24) is 4.72 Å². The van der Waals surface area contributed by atoms with Gasteiger partial charge in [-0.15, -0.1) is 0 Å². The summed E-state index contributed by atoms with van der Waals surface area (Å²) in [4.78, 5) is 4.41. The van der Waals surface area contributed by atoms with E-state index in [0.29, 0.717) is 16.8 Å². The molecule has 0 unspecified atom stereocenters. The number of sulfonamides is 1. The van der Waals surface area contributed by atoms with E-state index < -0.39 is 10.0 Å². The van der Waals surface area contributed by atoms with Gasteiger partial charge >= 0.3 is 0 Å². The van der Waals surface area contributed by atoms with Gasteiger partial charge in [-0.1, -0.05) is 22.0 Å². The third-order valence-electron chi connectivity index (χ3n) is 3.07. The van der Waals surface area contributed by atoms with Crippen LogP contribution in [0.25, 0.3) is 0 Å². The molecule has 2 rings (SSSR count). The van der Waals surface area contributed by atoms with E-state index in [1.807, 2.05) is 0 Å². The van der Waals surface area contributed by atoms with E-state index in [9.17, 15) is 13.5 Å². The van der Waals surface area contributed by atoms with E-state index in [0.717, 1.165) is 4.47 Å². The van der Waals surface area contributed by atoms with Gasteiger partial charge in [0.1, 0.15) is 5.75 Å². The normalized spacial score (nSPS) is 12.0. The Kier molecular flexibility index (Phi) is 5.00. The lowest BCUT2D eigenvalue weighted by Crippen LogP contribution is -2.19. The van der Waals surface area contributed by atoms with Crippen LogP contribution in [0, 0.1) is 6.92 Å². The minimum Gasteiger partial charge on any atom is -0.507 e. The highest BCUT2D eigenvalue weighted by atomic mass is 79.9. The minimum atomic E-state index is -3.53. The van der Waals surface area contributed by atoms with Crippen LogP contribution in [0.3, 0.4) is 0 Å². The lowest BCUT2D eigenvalue weighted by molar-refractivity contribution is 0.474. The summed E-state index contributed by atoms with van der Waals surface area (Å²) in [5, 5.41) is 9.76. The van der Waals surface area contributed by atoms with Crippen LogP contribution >= 0.6 is 15.9 Å². The number of nitrogens with one attached hydrogen (secondary N) is 1. The summed E-state index contributed by atoms with van der Waals surface area (Å²) >= 11 is 3.32. The molecule has 0 saturated heterocycles. The largest absolute Gasteiger partial charge is 0.507 e. The standard InChI is InChI=1S/C15H15BrN2O3S/c1-10-3-5-13(8-15(10)22(20,21)17-2)18-9-11-7-12(16)4-6-14(11)19/h3-9,17,19H,1-2H3. The zero-order valence-electron chi connectivity index (χ0n) is 12.0. The number of hydrogen-bond acceptors (Lipinski definition) is 4. The maximum Gasteiger partial charge on any atom is 0.240 e. The molecule has 0 heterocycles. The fraction of sp³-hybridized carbons (Fsp3) is 0.133. The van der Waals surface area contributed by atoms with Gasteiger partial charge in [-0.05, 0) is 49.9 Å². The SMILES string of the molecule is CNS(=O)(=O)c1cc(N=Cc2cc(Br)ccc2O)ccc1C. The highest BCUT2D eigenvalue weighted by molar-refractivity contribution is 9.10. The smallest absolute Gasteiger partial charge is 0.240 e.